The molecule has 2 heterocycles. The number of hydrogen-bond acceptors (Lipinski definition) is 6. The predicted octanol–water partition coefficient (Wildman–Crippen LogP) is 0.742. The van der Waals surface area contributed by atoms with Crippen molar-refractivity contribution in [3.8, 4) is 11.9 Å². The molecule has 2 rings (SSSR count). The molecule has 0 aliphatic heterocycles. The first-order chi connectivity index (χ1) is 7.15. The molecular weight excluding hydrogens is 264 g/mol. The van der Waals surface area contributed by atoms with Crippen molar-refractivity contribution in [3.05, 3.63) is 17.0 Å². The van der Waals surface area contributed by atoms with E-state index in [0.29, 0.717) is 4.47 Å². The van der Waals surface area contributed by atoms with Crippen LogP contribution >= 0.6 is 15.9 Å². The summed E-state index contributed by atoms with van der Waals surface area (Å²) in [5, 5.41) is 3.94. The van der Waals surface area contributed by atoms with Gasteiger partial charge in [0.05, 0.1) is 10.7 Å². The number of rotatable bonds is 2. The number of nitrogen functional groups attached to an aromatic ring is 1. The number of nitrogens with two attached hydrogens (primary N) is 1. The second kappa shape index (κ2) is 3.81. The topological polar surface area (TPSA) is 91.7 Å². The fourth-order valence-electron chi connectivity index (χ4n) is 0.889. The molecule has 0 unspecified atom stereocenters. The molecule has 2 aromatic heterocycles. The van der Waals surface area contributed by atoms with Crippen LogP contribution in [0.25, 0.3) is 0 Å². The van der Waals surface area contributed by atoms with E-state index in [9.17, 15) is 0 Å². The number of ether oxygens (including phenoxy) is 1. The predicted molar refractivity (Wildman–Crippen MR) is 55.2 cm³/mol. The Hall–Kier alpha value is -1.70. The molecule has 0 amide bonds. The van der Waals surface area contributed by atoms with Crippen molar-refractivity contribution in [2.75, 3.05) is 5.73 Å². The summed E-state index contributed by atoms with van der Waals surface area (Å²) in [4.78, 5) is 11.6. The Balaban J connectivity index is 2.27. The average molecular weight is 271 g/mol. The van der Waals surface area contributed by atoms with E-state index in [1.165, 1.54) is 17.2 Å². The summed E-state index contributed by atoms with van der Waals surface area (Å²) in [7, 11) is 1.74. The summed E-state index contributed by atoms with van der Waals surface area (Å²) in [5.41, 5.74) is 5.42. The van der Waals surface area contributed by atoms with Gasteiger partial charge in [-0.1, -0.05) is 0 Å². The van der Waals surface area contributed by atoms with E-state index < -0.39 is 0 Å². The molecule has 0 saturated carbocycles. The number of halogens is 1. The van der Waals surface area contributed by atoms with Gasteiger partial charge in [0.25, 0.3) is 0 Å². The minimum Gasteiger partial charge on any atom is -0.403 e. The summed E-state index contributed by atoms with van der Waals surface area (Å²) in [6.45, 7) is 0. The van der Waals surface area contributed by atoms with Gasteiger partial charge in [-0.25, -0.2) is 4.98 Å². The molecule has 78 valence electrons. The van der Waals surface area contributed by atoms with Crippen molar-refractivity contribution >= 4 is 21.9 Å². The summed E-state index contributed by atoms with van der Waals surface area (Å²) < 4.78 is 7.40. The Labute approximate surface area is 93.4 Å². The van der Waals surface area contributed by atoms with E-state index in [2.05, 4.69) is 36.0 Å². The molecule has 0 aliphatic rings. The third-order valence-electron chi connectivity index (χ3n) is 1.50. The Kier molecular flexibility index (Phi) is 2.50. The van der Waals surface area contributed by atoms with Gasteiger partial charge in [-0.05, 0) is 15.9 Å². The molecule has 0 fully saturated rings. The molecule has 2 aromatic rings. The van der Waals surface area contributed by atoms with Crippen molar-refractivity contribution in [2.45, 2.75) is 0 Å². The van der Waals surface area contributed by atoms with Gasteiger partial charge in [-0.2, -0.15) is 9.97 Å². The van der Waals surface area contributed by atoms with Crippen molar-refractivity contribution in [3.63, 3.8) is 0 Å². The minimum absolute atomic E-state index is 0.129. The first-order valence-electron chi connectivity index (χ1n) is 3.96. The second-order valence-electron chi connectivity index (χ2n) is 2.68. The number of anilines is 1. The van der Waals surface area contributed by atoms with Gasteiger partial charge >= 0.3 is 6.01 Å². The zero-order valence-corrected chi connectivity index (χ0v) is 9.34. The molecule has 0 saturated heterocycles. The fourth-order valence-corrected chi connectivity index (χ4v) is 1.16. The molecule has 0 spiro atoms. The lowest BCUT2D eigenvalue weighted by atomic mass is 10.6. The van der Waals surface area contributed by atoms with Crippen LogP contribution in [0.1, 0.15) is 0 Å². The summed E-state index contributed by atoms with van der Waals surface area (Å²) >= 11 is 3.23. The zero-order chi connectivity index (χ0) is 10.8. The summed E-state index contributed by atoms with van der Waals surface area (Å²) in [6.07, 6.45) is 3.02. The van der Waals surface area contributed by atoms with Gasteiger partial charge in [0.15, 0.2) is 0 Å². The molecule has 0 bridgehead atoms. The normalized spacial score (nSPS) is 10.3. The maximum atomic E-state index is 5.42. The highest BCUT2D eigenvalue weighted by atomic mass is 79.9. The van der Waals surface area contributed by atoms with Crippen molar-refractivity contribution in [1.29, 1.82) is 0 Å². The number of aromatic nitrogens is 5. The maximum Gasteiger partial charge on any atom is 0.342 e. The molecule has 15 heavy (non-hydrogen) atoms. The van der Waals surface area contributed by atoms with Crippen molar-refractivity contribution < 1.29 is 4.74 Å². The third kappa shape index (κ3) is 2.21. The van der Waals surface area contributed by atoms with Crippen LogP contribution in [0.2, 0.25) is 0 Å². The monoisotopic (exact) mass is 270 g/mol. The molecule has 7 nitrogen and oxygen atoms in total. The van der Waals surface area contributed by atoms with Crippen LogP contribution in [0.15, 0.2) is 17.0 Å². The lowest BCUT2D eigenvalue weighted by molar-refractivity contribution is 0.419. The molecule has 0 atom stereocenters. The van der Waals surface area contributed by atoms with Crippen LogP contribution in [0.5, 0.6) is 11.9 Å². The average Bonchev–Trinajstić information content (AvgIpc) is 2.58. The summed E-state index contributed by atoms with van der Waals surface area (Å²) in [6, 6.07) is 0.205. The third-order valence-corrected chi connectivity index (χ3v) is 2.04. The first-order valence-corrected chi connectivity index (χ1v) is 4.76. The van der Waals surface area contributed by atoms with Crippen molar-refractivity contribution in [2.24, 2.45) is 7.05 Å². The highest BCUT2D eigenvalue weighted by molar-refractivity contribution is 9.10. The molecule has 0 radical (unpaired) electrons. The lowest BCUT2D eigenvalue weighted by Crippen LogP contribution is -1.98. The van der Waals surface area contributed by atoms with Crippen LogP contribution < -0.4 is 10.5 Å². The SMILES string of the molecule is Cn1cnc(Oc2nc(N)ncc2Br)n1. The smallest absolute Gasteiger partial charge is 0.342 e. The van der Waals surface area contributed by atoms with Crippen LogP contribution in [0, 0.1) is 0 Å². The zero-order valence-electron chi connectivity index (χ0n) is 7.75. The summed E-state index contributed by atoms with van der Waals surface area (Å²) in [5.74, 6) is 0.415. The lowest BCUT2D eigenvalue weighted by Gasteiger charge is -2.01. The number of aryl methyl sites for hydroxylation is 1. The highest BCUT2D eigenvalue weighted by Gasteiger charge is 2.08. The van der Waals surface area contributed by atoms with Crippen molar-refractivity contribution in [1.82, 2.24) is 24.7 Å². The highest BCUT2D eigenvalue weighted by Crippen LogP contribution is 2.24. The molecule has 0 aliphatic carbocycles. The molecular formula is C7H7BrN6O. The van der Waals surface area contributed by atoms with Gasteiger partial charge in [0.2, 0.25) is 11.8 Å². The Morgan fingerprint density at radius 3 is 2.93 bits per heavy atom. The van der Waals surface area contributed by atoms with E-state index in [0.717, 1.165) is 0 Å². The van der Waals surface area contributed by atoms with Gasteiger partial charge in [-0.3, -0.25) is 4.68 Å². The molecule has 0 aromatic carbocycles. The van der Waals surface area contributed by atoms with Crippen LogP contribution in [0.4, 0.5) is 5.95 Å². The van der Waals surface area contributed by atoms with Gasteiger partial charge < -0.3 is 10.5 Å². The standard InChI is InChI=1S/C7H7BrN6O/c1-14-3-11-7(13-14)15-5-4(8)2-10-6(9)12-5/h2-3H,1H3,(H2,9,10,12). The Morgan fingerprint density at radius 1 is 1.47 bits per heavy atom. The van der Waals surface area contributed by atoms with E-state index >= 15 is 0 Å². The first kappa shape index (κ1) is 9.84. The fraction of sp³-hybridized carbons (Fsp3) is 0.143. The maximum absolute atomic E-state index is 5.42. The van der Waals surface area contributed by atoms with Gasteiger partial charge in [-0.15, -0.1) is 5.10 Å². The van der Waals surface area contributed by atoms with Crippen LogP contribution in [0.3, 0.4) is 0 Å². The molecule has 8 heteroatoms. The Morgan fingerprint density at radius 2 is 2.27 bits per heavy atom. The van der Waals surface area contributed by atoms with E-state index in [1.54, 1.807) is 7.05 Å². The number of nitrogens with zero attached hydrogens (tertiary/aromatic N) is 5. The van der Waals surface area contributed by atoms with Crippen LogP contribution in [-0.4, -0.2) is 24.7 Å². The van der Waals surface area contributed by atoms with Gasteiger partial charge in [0, 0.05) is 7.05 Å². The Bertz CT molecular complexity index is 484. The van der Waals surface area contributed by atoms with E-state index in [1.807, 2.05) is 0 Å². The quantitative estimate of drug-likeness (QED) is 0.866. The largest absolute Gasteiger partial charge is 0.403 e. The van der Waals surface area contributed by atoms with Gasteiger partial charge in [0.1, 0.15) is 6.33 Å². The van der Waals surface area contributed by atoms with Crippen LogP contribution in [-0.2, 0) is 7.05 Å². The molecule has 2 N–H and O–H groups in total. The van der Waals surface area contributed by atoms with E-state index in [-0.39, 0.29) is 17.8 Å². The minimum atomic E-state index is 0.129. The number of hydrogen-bond donors (Lipinski definition) is 1. The van der Waals surface area contributed by atoms with E-state index in [4.69, 9.17) is 10.5 Å². The second-order valence-corrected chi connectivity index (χ2v) is 3.54.